The Morgan fingerprint density at radius 2 is 1.86 bits per heavy atom. The minimum atomic E-state index is -0.839. The van der Waals surface area contributed by atoms with Gasteiger partial charge in [-0.1, -0.05) is 19.3 Å². The zero-order chi connectivity index (χ0) is 15.9. The molecule has 0 bridgehead atoms. The van der Waals surface area contributed by atoms with Gasteiger partial charge in [-0.2, -0.15) is 0 Å². The molecule has 0 aromatic rings. The van der Waals surface area contributed by atoms with E-state index >= 15 is 0 Å². The molecular weight excluding hydrogens is 276 g/mol. The number of nitrogens with zero attached hydrogens (tertiary/aromatic N) is 1. The molecule has 0 aliphatic heterocycles. The molecule has 0 aromatic carbocycles. The molecule has 0 unspecified atom stereocenters. The molecule has 7 nitrogen and oxygen atoms in total. The largest absolute Gasteiger partial charge is 0.481 e. The summed E-state index contributed by atoms with van der Waals surface area (Å²) < 4.78 is 4.50. The standard InChI is InChI=1S/C14H24N2O5/c1-16(9-12(19)21-2)13(20)15-10-14(8-11(17)18)6-4-3-5-7-14/h3-10H2,1-2H3,(H,15,20)(H,17,18). The number of hydrogen-bond donors (Lipinski definition) is 2. The van der Waals surface area contributed by atoms with Gasteiger partial charge in [-0.05, 0) is 18.3 Å². The number of carboxylic acids is 1. The SMILES string of the molecule is COC(=O)CN(C)C(=O)NCC1(CC(=O)O)CCCCC1. The fourth-order valence-corrected chi connectivity index (χ4v) is 2.77. The van der Waals surface area contributed by atoms with Crippen molar-refractivity contribution in [2.45, 2.75) is 38.5 Å². The Kier molecular flexibility index (Phi) is 6.45. The highest BCUT2D eigenvalue weighted by Gasteiger charge is 2.35. The zero-order valence-electron chi connectivity index (χ0n) is 12.7. The summed E-state index contributed by atoms with van der Waals surface area (Å²) in [6.07, 6.45) is 4.76. The first-order valence-electron chi connectivity index (χ1n) is 7.16. The zero-order valence-corrected chi connectivity index (χ0v) is 12.7. The summed E-state index contributed by atoms with van der Waals surface area (Å²) in [6.45, 7) is 0.192. The molecule has 1 aliphatic rings. The topological polar surface area (TPSA) is 95.9 Å². The van der Waals surface area contributed by atoms with Gasteiger partial charge in [-0.3, -0.25) is 9.59 Å². The molecule has 21 heavy (non-hydrogen) atoms. The van der Waals surface area contributed by atoms with Crippen LogP contribution in [0.1, 0.15) is 38.5 Å². The third-order valence-corrected chi connectivity index (χ3v) is 4.00. The minimum absolute atomic E-state index is 0.0635. The molecule has 2 amide bonds. The molecule has 1 fully saturated rings. The number of nitrogens with one attached hydrogen (secondary N) is 1. The second-order valence-corrected chi connectivity index (χ2v) is 5.72. The van der Waals surface area contributed by atoms with E-state index in [4.69, 9.17) is 5.11 Å². The van der Waals surface area contributed by atoms with Crippen molar-refractivity contribution in [1.82, 2.24) is 10.2 Å². The van der Waals surface area contributed by atoms with Crippen molar-refractivity contribution in [3.63, 3.8) is 0 Å². The highest BCUT2D eigenvalue weighted by atomic mass is 16.5. The number of likely N-dealkylation sites (N-methyl/N-ethyl adjacent to an activating group) is 1. The monoisotopic (exact) mass is 300 g/mol. The highest BCUT2D eigenvalue weighted by Crippen LogP contribution is 2.38. The lowest BCUT2D eigenvalue weighted by molar-refractivity contribution is -0.141. The number of rotatable bonds is 6. The number of urea groups is 1. The summed E-state index contributed by atoms with van der Waals surface area (Å²) in [5.74, 6) is -1.33. The quantitative estimate of drug-likeness (QED) is 0.719. The number of amides is 2. The van der Waals surface area contributed by atoms with Crippen molar-refractivity contribution in [3.05, 3.63) is 0 Å². The molecule has 0 aromatic heterocycles. The van der Waals surface area contributed by atoms with Crippen LogP contribution in [0.25, 0.3) is 0 Å². The normalized spacial score (nSPS) is 16.9. The summed E-state index contributed by atoms with van der Waals surface area (Å²) in [5.41, 5.74) is -0.369. The minimum Gasteiger partial charge on any atom is -0.481 e. The first-order chi connectivity index (χ1) is 9.88. The van der Waals surface area contributed by atoms with Gasteiger partial charge in [0.05, 0.1) is 13.5 Å². The van der Waals surface area contributed by atoms with Gasteiger partial charge >= 0.3 is 18.0 Å². The van der Waals surface area contributed by atoms with Gasteiger partial charge in [0.25, 0.3) is 0 Å². The molecule has 7 heteroatoms. The predicted molar refractivity (Wildman–Crippen MR) is 75.8 cm³/mol. The van der Waals surface area contributed by atoms with Crippen LogP contribution in [0.15, 0.2) is 0 Å². The number of hydrogen-bond acceptors (Lipinski definition) is 4. The van der Waals surface area contributed by atoms with Crippen LogP contribution in [0.4, 0.5) is 4.79 Å². The fourth-order valence-electron chi connectivity index (χ4n) is 2.77. The Labute approximate surface area is 124 Å². The van der Waals surface area contributed by atoms with E-state index < -0.39 is 18.0 Å². The molecule has 0 heterocycles. The Morgan fingerprint density at radius 1 is 1.24 bits per heavy atom. The van der Waals surface area contributed by atoms with E-state index in [1.807, 2.05) is 0 Å². The predicted octanol–water partition coefficient (Wildman–Crippen LogP) is 1.23. The lowest BCUT2D eigenvalue weighted by Crippen LogP contribution is -2.46. The van der Waals surface area contributed by atoms with E-state index in [2.05, 4.69) is 10.1 Å². The summed E-state index contributed by atoms with van der Waals surface area (Å²) in [6, 6.07) is -0.393. The van der Waals surface area contributed by atoms with Gasteiger partial charge in [0.2, 0.25) is 0 Å². The summed E-state index contributed by atoms with van der Waals surface area (Å²) in [5, 5.41) is 11.8. The number of aliphatic carboxylic acids is 1. The summed E-state index contributed by atoms with van der Waals surface area (Å²) in [7, 11) is 2.76. The average Bonchev–Trinajstić information content (AvgIpc) is 2.44. The van der Waals surface area contributed by atoms with E-state index in [1.165, 1.54) is 19.1 Å². The Morgan fingerprint density at radius 3 is 2.38 bits per heavy atom. The van der Waals surface area contributed by atoms with Crippen LogP contribution < -0.4 is 5.32 Å². The Bertz CT molecular complexity index is 391. The number of ether oxygens (including phenoxy) is 1. The number of methoxy groups -OCH3 is 1. The van der Waals surface area contributed by atoms with Gasteiger partial charge in [0, 0.05) is 13.6 Å². The Balaban J connectivity index is 2.54. The Hall–Kier alpha value is -1.79. The van der Waals surface area contributed by atoms with Gasteiger partial charge < -0.3 is 20.1 Å². The van der Waals surface area contributed by atoms with Gasteiger partial charge in [0.15, 0.2) is 0 Å². The maximum Gasteiger partial charge on any atom is 0.325 e. The molecule has 1 aliphatic carbocycles. The smallest absolute Gasteiger partial charge is 0.325 e. The van der Waals surface area contributed by atoms with Crippen LogP contribution >= 0.6 is 0 Å². The van der Waals surface area contributed by atoms with Crippen molar-refractivity contribution in [2.24, 2.45) is 5.41 Å². The van der Waals surface area contributed by atoms with Crippen molar-refractivity contribution >= 4 is 18.0 Å². The van der Waals surface area contributed by atoms with Crippen LogP contribution in [0.3, 0.4) is 0 Å². The molecular formula is C14H24N2O5. The van der Waals surface area contributed by atoms with Crippen LogP contribution in [-0.4, -0.2) is 55.2 Å². The van der Waals surface area contributed by atoms with Gasteiger partial charge in [0.1, 0.15) is 6.54 Å². The fraction of sp³-hybridized carbons (Fsp3) is 0.786. The second kappa shape index (κ2) is 7.85. The van der Waals surface area contributed by atoms with Crippen molar-refractivity contribution < 1.29 is 24.2 Å². The molecule has 0 spiro atoms. The van der Waals surface area contributed by atoms with E-state index in [9.17, 15) is 14.4 Å². The second-order valence-electron chi connectivity index (χ2n) is 5.72. The first-order valence-corrected chi connectivity index (χ1v) is 7.16. The number of carbonyl (C=O) groups is 3. The third kappa shape index (κ3) is 5.61. The molecule has 0 radical (unpaired) electrons. The van der Waals surface area contributed by atoms with E-state index in [1.54, 1.807) is 0 Å². The van der Waals surface area contributed by atoms with Crippen molar-refractivity contribution in [3.8, 4) is 0 Å². The summed E-state index contributed by atoms with van der Waals surface area (Å²) >= 11 is 0. The van der Waals surface area contributed by atoms with Crippen LogP contribution in [-0.2, 0) is 14.3 Å². The van der Waals surface area contributed by atoms with Gasteiger partial charge in [-0.15, -0.1) is 0 Å². The van der Waals surface area contributed by atoms with Crippen LogP contribution in [0.2, 0.25) is 0 Å². The highest BCUT2D eigenvalue weighted by molar-refractivity contribution is 5.80. The lowest BCUT2D eigenvalue weighted by Gasteiger charge is -2.36. The summed E-state index contributed by atoms with van der Waals surface area (Å²) in [4.78, 5) is 35.3. The molecule has 1 saturated carbocycles. The van der Waals surface area contributed by atoms with E-state index in [0.29, 0.717) is 6.54 Å². The van der Waals surface area contributed by atoms with Gasteiger partial charge in [-0.25, -0.2) is 4.79 Å². The molecule has 2 N–H and O–H groups in total. The first kappa shape index (κ1) is 17.3. The molecule has 0 atom stereocenters. The maximum atomic E-state index is 11.9. The lowest BCUT2D eigenvalue weighted by atomic mass is 9.72. The molecule has 0 saturated heterocycles. The van der Waals surface area contributed by atoms with Crippen LogP contribution in [0, 0.1) is 5.41 Å². The van der Waals surface area contributed by atoms with E-state index in [-0.39, 0.29) is 18.4 Å². The van der Waals surface area contributed by atoms with Crippen molar-refractivity contribution in [2.75, 3.05) is 27.2 Å². The van der Waals surface area contributed by atoms with Crippen molar-refractivity contribution in [1.29, 1.82) is 0 Å². The maximum absolute atomic E-state index is 11.9. The van der Waals surface area contributed by atoms with Crippen LogP contribution in [0.5, 0.6) is 0 Å². The average molecular weight is 300 g/mol. The molecule has 120 valence electrons. The number of carbonyl (C=O) groups excluding carboxylic acids is 2. The molecule has 1 rings (SSSR count). The van der Waals surface area contributed by atoms with E-state index in [0.717, 1.165) is 32.1 Å². The number of carboxylic acid groups (broad SMARTS) is 1. The third-order valence-electron chi connectivity index (χ3n) is 4.00. The number of esters is 1.